The van der Waals surface area contributed by atoms with Crippen LogP contribution in [0.3, 0.4) is 0 Å². The molecule has 0 fully saturated rings. The SMILES string of the molecule is C1=CCC2Oc3c(-c4ccccc4-c4cc(-c5ccc6c(ccc7ccccc76)c5)nc(C5=CCCC=C5)n4)cccc3C3(C2=C1)c1ccccc1-c1ccccc13. The Kier molecular flexibility index (Phi) is 7.40. The molecule has 0 bridgehead atoms. The molecule has 0 saturated heterocycles. The van der Waals surface area contributed by atoms with Gasteiger partial charge in [0.15, 0.2) is 5.82 Å². The minimum absolute atomic E-state index is 0.0997. The van der Waals surface area contributed by atoms with Crippen LogP contribution in [-0.2, 0) is 5.41 Å². The Morgan fingerprint density at radius 2 is 1.22 bits per heavy atom. The fraction of sp³-hybridized carbons (Fsp3) is 0.0909. The summed E-state index contributed by atoms with van der Waals surface area (Å²) in [4.78, 5) is 10.6. The molecular formula is C55H38N2O. The summed E-state index contributed by atoms with van der Waals surface area (Å²) in [5, 5.41) is 4.94. The summed E-state index contributed by atoms with van der Waals surface area (Å²) >= 11 is 0. The first-order chi connectivity index (χ1) is 28.8. The van der Waals surface area contributed by atoms with E-state index < -0.39 is 5.41 Å². The maximum absolute atomic E-state index is 7.24. The molecule has 0 saturated carbocycles. The monoisotopic (exact) mass is 742 g/mol. The number of para-hydroxylation sites is 1. The Balaban J connectivity index is 1.07. The maximum atomic E-state index is 7.24. The van der Waals surface area contributed by atoms with Gasteiger partial charge in [0, 0.05) is 34.2 Å². The number of rotatable bonds is 4. The van der Waals surface area contributed by atoms with Crippen LogP contribution < -0.4 is 4.74 Å². The van der Waals surface area contributed by atoms with E-state index in [1.54, 1.807) is 0 Å². The molecule has 1 unspecified atom stereocenters. The van der Waals surface area contributed by atoms with Crippen LogP contribution in [-0.4, -0.2) is 16.1 Å². The topological polar surface area (TPSA) is 35.0 Å². The van der Waals surface area contributed by atoms with Gasteiger partial charge in [-0.1, -0.05) is 176 Å². The van der Waals surface area contributed by atoms with Gasteiger partial charge in [0.05, 0.1) is 16.8 Å². The highest BCUT2D eigenvalue weighted by Crippen LogP contribution is 2.62. The number of nitrogens with zero attached hydrogens (tertiary/aromatic N) is 2. The van der Waals surface area contributed by atoms with Crippen molar-refractivity contribution in [2.24, 2.45) is 0 Å². The highest BCUT2D eigenvalue weighted by Gasteiger charge is 2.54. The summed E-state index contributed by atoms with van der Waals surface area (Å²) in [6, 6.07) is 55.3. The minimum atomic E-state index is -0.475. The van der Waals surface area contributed by atoms with Crippen molar-refractivity contribution in [1.29, 1.82) is 0 Å². The Bertz CT molecular complexity index is 3100. The summed E-state index contributed by atoms with van der Waals surface area (Å²) in [5.41, 5.74) is 14.3. The molecule has 1 aliphatic heterocycles. The number of fused-ring (bicyclic) bond motifs is 12. The summed E-state index contributed by atoms with van der Waals surface area (Å²) in [6.45, 7) is 0. The maximum Gasteiger partial charge on any atom is 0.160 e. The summed E-state index contributed by atoms with van der Waals surface area (Å²) in [6.07, 6.45) is 16.1. The highest BCUT2D eigenvalue weighted by molar-refractivity contribution is 6.08. The average Bonchev–Trinajstić information content (AvgIpc) is 3.59. The summed E-state index contributed by atoms with van der Waals surface area (Å²) < 4.78 is 7.24. The van der Waals surface area contributed by atoms with Gasteiger partial charge in [-0.25, -0.2) is 9.97 Å². The third-order valence-electron chi connectivity index (χ3n) is 12.7. The highest BCUT2D eigenvalue weighted by atomic mass is 16.5. The van der Waals surface area contributed by atoms with Crippen LogP contribution in [0, 0.1) is 0 Å². The first-order valence-corrected chi connectivity index (χ1v) is 20.4. The Labute approximate surface area is 338 Å². The molecular weight excluding hydrogens is 705 g/mol. The zero-order chi connectivity index (χ0) is 38.2. The molecule has 1 spiro atoms. The van der Waals surface area contributed by atoms with Gasteiger partial charge in [-0.05, 0) is 79.9 Å². The molecule has 7 aromatic carbocycles. The van der Waals surface area contributed by atoms with Crippen molar-refractivity contribution >= 4 is 27.1 Å². The van der Waals surface area contributed by atoms with Crippen LogP contribution in [0.25, 0.3) is 71.9 Å². The van der Waals surface area contributed by atoms with Gasteiger partial charge in [-0.2, -0.15) is 0 Å². The second-order valence-corrected chi connectivity index (χ2v) is 15.8. The van der Waals surface area contributed by atoms with E-state index in [4.69, 9.17) is 14.7 Å². The standard InChI is InChI=1S/C55H38N2O/c1-2-16-36(17-3-1)54-56-50(38-31-32-40-37(33-38)30-29-35-15-4-5-18-39(35)40)34-51(57-54)44-22-7-6-19-41(44)45-23-14-27-49-53(45)58-52-28-13-12-26-48(52)55(49)46-24-10-8-20-42(46)43-21-9-11-25-47(43)55/h2,4-27,29-34,52H,1,3,28H2. The molecule has 1 atom stereocenters. The molecule has 8 aromatic rings. The number of benzene rings is 7. The van der Waals surface area contributed by atoms with Crippen LogP contribution in [0.2, 0.25) is 0 Å². The normalized spacial score (nSPS) is 16.9. The van der Waals surface area contributed by atoms with E-state index in [9.17, 15) is 0 Å². The lowest BCUT2D eigenvalue weighted by molar-refractivity contribution is 0.206. The molecule has 0 radical (unpaired) electrons. The number of aromatic nitrogens is 2. The molecule has 58 heavy (non-hydrogen) atoms. The lowest BCUT2D eigenvalue weighted by Gasteiger charge is -2.45. The van der Waals surface area contributed by atoms with E-state index in [1.807, 2.05) is 0 Å². The van der Waals surface area contributed by atoms with E-state index >= 15 is 0 Å². The number of hydrogen-bond donors (Lipinski definition) is 0. The van der Waals surface area contributed by atoms with Gasteiger partial charge in [0.25, 0.3) is 0 Å². The van der Waals surface area contributed by atoms with Crippen LogP contribution >= 0.6 is 0 Å². The van der Waals surface area contributed by atoms with Gasteiger partial charge in [-0.3, -0.25) is 0 Å². The first-order valence-electron chi connectivity index (χ1n) is 20.4. The van der Waals surface area contributed by atoms with Gasteiger partial charge in [0.1, 0.15) is 11.9 Å². The molecule has 3 aliphatic carbocycles. The fourth-order valence-corrected chi connectivity index (χ4v) is 10.1. The van der Waals surface area contributed by atoms with Crippen LogP contribution in [0.4, 0.5) is 0 Å². The third kappa shape index (κ3) is 4.86. The average molecular weight is 743 g/mol. The van der Waals surface area contributed by atoms with Crippen molar-refractivity contribution in [3.63, 3.8) is 0 Å². The summed E-state index contributed by atoms with van der Waals surface area (Å²) in [7, 11) is 0. The molecule has 1 aromatic heterocycles. The second-order valence-electron chi connectivity index (χ2n) is 15.8. The second kappa shape index (κ2) is 13.0. The Morgan fingerprint density at radius 3 is 2.05 bits per heavy atom. The Morgan fingerprint density at radius 1 is 0.534 bits per heavy atom. The van der Waals surface area contributed by atoms with Crippen molar-refractivity contribution in [1.82, 2.24) is 9.97 Å². The van der Waals surface area contributed by atoms with Gasteiger partial charge >= 0.3 is 0 Å². The van der Waals surface area contributed by atoms with Crippen LogP contribution in [0.15, 0.2) is 194 Å². The van der Waals surface area contributed by atoms with E-state index in [-0.39, 0.29) is 6.10 Å². The molecule has 0 amide bonds. The largest absolute Gasteiger partial charge is 0.485 e. The predicted molar refractivity (Wildman–Crippen MR) is 238 cm³/mol. The molecule has 2 heterocycles. The van der Waals surface area contributed by atoms with Crippen LogP contribution in [0.1, 0.15) is 41.8 Å². The minimum Gasteiger partial charge on any atom is -0.485 e. The molecule has 274 valence electrons. The van der Waals surface area contributed by atoms with E-state index in [2.05, 4.69) is 188 Å². The van der Waals surface area contributed by atoms with Crippen molar-refractivity contribution in [2.75, 3.05) is 0 Å². The predicted octanol–water partition coefficient (Wildman–Crippen LogP) is 13.5. The van der Waals surface area contributed by atoms with Crippen molar-refractivity contribution in [2.45, 2.75) is 30.8 Å². The first kappa shape index (κ1) is 33.1. The van der Waals surface area contributed by atoms with E-state index in [1.165, 1.54) is 54.9 Å². The zero-order valence-electron chi connectivity index (χ0n) is 31.9. The zero-order valence-corrected chi connectivity index (χ0v) is 31.9. The molecule has 3 heteroatoms. The van der Waals surface area contributed by atoms with Crippen LogP contribution in [0.5, 0.6) is 5.75 Å². The van der Waals surface area contributed by atoms with E-state index in [0.29, 0.717) is 0 Å². The van der Waals surface area contributed by atoms with Crippen molar-refractivity contribution in [3.05, 3.63) is 216 Å². The van der Waals surface area contributed by atoms with Crippen molar-refractivity contribution < 1.29 is 4.74 Å². The molecule has 0 N–H and O–H groups in total. The lowest BCUT2D eigenvalue weighted by atomic mass is 9.62. The smallest absolute Gasteiger partial charge is 0.160 e. The third-order valence-corrected chi connectivity index (χ3v) is 12.7. The van der Waals surface area contributed by atoms with Gasteiger partial charge < -0.3 is 4.74 Å². The fourth-order valence-electron chi connectivity index (χ4n) is 10.1. The lowest BCUT2D eigenvalue weighted by Crippen LogP contribution is -2.42. The van der Waals surface area contributed by atoms with E-state index in [0.717, 1.165) is 70.1 Å². The number of hydrogen-bond acceptors (Lipinski definition) is 3. The quantitative estimate of drug-likeness (QED) is 0.168. The van der Waals surface area contributed by atoms with Crippen molar-refractivity contribution in [3.8, 4) is 50.5 Å². The molecule has 3 nitrogen and oxygen atoms in total. The van der Waals surface area contributed by atoms with Gasteiger partial charge in [-0.15, -0.1) is 0 Å². The molecule has 4 aliphatic rings. The Hall–Kier alpha value is -7.10. The van der Waals surface area contributed by atoms with Gasteiger partial charge in [0.2, 0.25) is 0 Å². The molecule has 12 rings (SSSR count). The number of ether oxygens (including phenoxy) is 1. The number of allylic oxidation sites excluding steroid dienone is 6. The summed E-state index contributed by atoms with van der Waals surface area (Å²) in [5.74, 6) is 1.68.